The van der Waals surface area contributed by atoms with E-state index in [0.717, 1.165) is 0 Å². The zero-order chi connectivity index (χ0) is 16.4. The van der Waals surface area contributed by atoms with Crippen LogP contribution in [-0.2, 0) is 4.79 Å². The lowest BCUT2D eigenvalue weighted by Crippen LogP contribution is -2.05. The van der Waals surface area contributed by atoms with Crippen LogP contribution < -0.4 is 9.47 Å². The van der Waals surface area contributed by atoms with Crippen LogP contribution >= 0.6 is 11.6 Å². The van der Waals surface area contributed by atoms with Gasteiger partial charge in [-0.15, -0.1) is 0 Å². The Morgan fingerprint density at radius 2 is 2.04 bits per heavy atom. The van der Waals surface area contributed by atoms with Gasteiger partial charge in [0.1, 0.15) is 11.5 Å². The van der Waals surface area contributed by atoms with Gasteiger partial charge in [0.2, 0.25) is 5.78 Å². The molecule has 0 spiro atoms. The molecule has 0 saturated heterocycles. The molecule has 2 aromatic carbocycles. The Kier molecular flexibility index (Phi) is 4.17. The number of hydrogen-bond acceptors (Lipinski definition) is 4. The fourth-order valence-corrected chi connectivity index (χ4v) is 2.36. The van der Waals surface area contributed by atoms with Gasteiger partial charge in [-0.3, -0.25) is 9.59 Å². The van der Waals surface area contributed by atoms with Crippen molar-refractivity contribution in [3.05, 3.63) is 64.4 Å². The Hall–Kier alpha value is -2.59. The summed E-state index contributed by atoms with van der Waals surface area (Å²) >= 11 is 6.09. The summed E-state index contributed by atoms with van der Waals surface area (Å²) < 4.78 is 10.7. The highest BCUT2D eigenvalue weighted by Gasteiger charge is 2.28. The van der Waals surface area contributed by atoms with Gasteiger partial charge >= 0.3 is 5.97 Å². The van der Waals surface area contributed by atoms with Crippen molar-refractivity contribution in [2.45, 2.75) is 13.3 Å². The van der Waals surface area contributed by atoms with Crippen LogP contribution in [0.15, 0.2) is 48.2 Å². The first-order chi connectivity index (χ1) is 11.1. The molecular formula is C18H13ClO4. The van der Waals surface area contributed by atoms with Crippen molar-refractivity contribution >= 4 is 29.4 Å². The van der Waals surface area contributed by atoms with Gasteiger partial charge in [-0.2, -0.15) is 0 Å². The lowest BCUT2D eigenvalue weighted by Gasteiger charge is -2.04. The molecule has 0 atom stereocenters. The maximum absolute atomic E-state index is 12.4. The van der Waals surface area contributed by atoms with E-state index in [1.165, 1.54) is 6.07 Å². The maximum Gasteiger partial charge on any atom is 0.310 e. The third kappa shape index (κ3) is 3.12. The maximum atomic E-state index is 12.4. The third-order valence-electron chi connectivity index (χ3n) is 3.35. The Bertz CT molecular complexity index is 824. The van der Waals surface area contributed by atoms with Crippen LogP contribution in [0, 0.1) is 0 Å². The molecular weight excluding hydrogens is 316 g/mol. The molecule has 4 nitrogen and oxygen atoms in total. The fourth-order valence-electron chi connectivity index (χ4n) is 2.17. The van der Waals surface area contributed by atoms with Crippen molar-refractivity contribution in [1.29, 1.82) is 0 Å². The van der Waals surface area contributed by atoms with E-state index in [4.69, 9.17) is 21.1 Å². The Morgan fingerprint density at radius 1 is 1.26 bits per heavy atom. The minimum absolute atomic E-state index is 0.187. The topological polar surface area (TPSA) is 52.6 Å². The van der Waals surface area contributed by atoms with Gasteiger partial charge in [0.15, 0.2) is 5.76 Å². The molecule has 0 N–H and O–H groups in total. The predicted molar refractivity (Wildman–Crippen MR) is 86.8 cm³/mol. The first-order valence-electron chi connectivity index (χ1n) is 7.12. The summed E-state index contributed by atoms with van der Waals surface area (Å²) in [6.07, 6.45) is 1.87. The number of esters is 1. The average molecular weight is 329 g/mol. The zero-order valence-electron chi connectivity index (χ0n) is 12.3. The van der Waals surface area contributed by atoms with Crippen LogP contribution in [0.5, 0.6) is 11.5 Å². The van der Waals surface area contributed by atoms with Gasteiger partial charge in [0.25, 0.3) is 0 Å². The number of ketones is 1. The number of carbonyl (C=O) groups is 2. The molecule has 1 aliphatic rings. The number of hydrogen-bond donors (Lipinski definition) is 0. The van der Waals surface area contributed by atoms with E-state index in [-0.39, 0.29) is 23.9 Å². The van der Waals surface area contributed by atoms with Crippen molar-refractivity contribution in [3.63, 3.8) is 0 Å². The number of ether oxygens (including phenoxy) is 2. The van der Waals surface area contributed by atoms with Crippen molar-refractivity contribution < 1.29 is 19.1 Å². The molecule has 2 aromatic rings. The van der Waals surface area contributed by atoms with Crippen molar-refractivity contribution in [1.82, 2.24) is 0 Å². The summed E-state index contributed by atoms with van der Waals surface area (Å²) in [5, 5.41) is 0.532. The Labute approximate surface area is 138 Å². The molecule has 0 radical (unpaired) electrons. The number of halogens is 1. The number of Topliss-reactive ketones (excluding diaryl/α,β-unsaturated/α-hetero) is 1. The second kappa shape index (κ2) is 6.26. The van der Waals surface area contributed by atoms with Crippen LogP contribution in [0.1, 0.15) is 29.3 Å². The van der Waals surface area contributed by atoms with Gasteiger partial charge in [-0.1, -0.05) is 36.7 Å². The standard InChI is InChI=1S/C18H13ClO4/c1-2-17(20)22-12-7-8-13-15(10-12)23-16(18(13)21)9-11-5-3-4-6-14(11)19/h3-10H,2H2,1H3. The SMILES string of the molecule is CCC(=O)Oc1ccc2c(c1)OC(=Cc1ccccc1Cl)C2=O. The van der Waals surface area contributed by atoms with E-state index < -0.39 is 0 Å². The van der Waals surface area contributed by atoms with E-state index >= 15 is 0 Å². The van der Waals surface area contributed by atoms with Crippen LogP contribution in [0.2, 0.25) is 5.02 Å². The van der Waals surface area contributed by atoms with E-state index in [0.29, 0.717) is 27.6 Å². The van der Waals surface area contributed by atoms with Crippen molar-refractivity contribution in [2.24, 2.45) is 0 Å². The molecule has 1 aliphatic heterocycles. The largest absolute Gasteiger partial charge is 0.452 e. The minimum atomic E-state index is -0.346. The molecule has 23 heavy (non-hydrogen) atoms. The number of rotatable bonds is 3. The van der Waals surface area contributed by atoms with Crippen molar-refractivity contribution in [2.75, 3.05) is 0 Å². The highest BCUT2D eigenvalue weighted by Crippen LogP contribution is 2.35. The number of carbonyl (C=O) groups excluding carboxylic acids is 2. The summed E-state index contributed by atoms with van der Waals surface area (Å²) in [6, 6.07) is 11.9. The van der Waals surface area contributed by atoms with Gasteiger partial charge in [0.05, 0.1) is 5.56 Å². The smallest absolute Gasteiger partial charge is 0.310 e. The third-order valence-corrected chi connectivity index (χ3v) is 3.70. The molecule has 0 bridgehead atoms. The minimum Gasteiger partial charge on any atom is -0.452 e. The summed E-state index contributed by atoms with van der Waals surface area (Å²) in [6.45, 7) is 1.71. The Balaban J connectivity index is 1.90. The van der Waals surface area contributed by atoms with E-state index in [2.05, 4.69) is 0 Å². The molecule has 5 heteroatoms. The van der Waals surface area contributed by atoms with Crippen molar-refractivity contribution in [3.8, 4) is 11.5 Å². The van der Waals surface area contributed by atoms with E-state index in [1.54, 1.807) is 37.3 Å². The molecule has 0 amide bonds. The van der Waals surface area contributed by atoms with Crippen LogP contribution in [0.4, 0.5) is 0 Å². The molecule has 0 fully saturated rings. The highest BCUT2D eigenvalue weighted by molar-refractivity contribution is 6.32. The molecule has 0 aliphatic carbocycles. The van der Waals surface area contributed by atoms with Gasteiger partial charge in [0, 0.05) is 17.5 Å². The van der Waals surface area contributed by atoms with Gasteiger partial charge in [-0.25, -0.2) is 0 Å². The monoisotopic (exact) mass is 328 g/mol. The van der Waals surface area contributed by atoms with E-state index in [1.807, 2.05) is 12.1 Å². The molecule has 1 heterocycles. The summed E-state index contributed by atoms with van der Waals surface area (Å²) in [4.78, 5) is 23.7. The first kappa shape index (κ1) is 15.3. The van der Waals surface area contributed by atoms with Crippen LogP contribution in [0.25, 0.3) is 6.08 Å². The fraction of sp³-hybridized carbons (Fsp3) is 0.111. The summed E-state index contributed by atoms with van der Waals surface area (Å²) in [5.41, 5.74) is 1.13. The zero-order valence-corrected chi connectivity index (χ0v) is 13.1. The number of benzene rings is 2. The molecule has 116 valence electrons. The van der Waals surface area contributed by atoms with E-state index in [9.17, 15) is 9.59 Å². The highest BCUT2D eigenvalue weighted by atomic mass is 35.5. The molecule has 0 aromatic heterocycles. The quantitative estimate of drug-likeness (QED) is 0.479. The second-order valence-corrected chi connectivity index (χ2v) is 5.35. The lowest BCUT2D eigenvalue weighted by molar-refractivity contribution is -0.134. The Morgan fingerprint density at radius 3 is 2.78 bits per heavy atom. The average Bonchev–Trinajstić information content (AvgIpc) is 2.85. The predicted octanol–water partition coefficient (Wildman–Crippen LogP) is 4.27. The normalized spacial score (nSPS) is 14.5. The van der Waals surface area contributed by atoms with Gasteiger partial charge < -0.3 is 9.47 Å². The summed E-state index contributed by atoms with van der Waals surface area (Å²) in [5.74, 6) is 0.332. The van der Waals surface area contributed by atoms with Crippen LogP contribution in [0.3, 0.4) is 0 Å². The number of fused-ring (bicyclic) bond motifs is 1. The summed E-state index contributed by atoms with van der Waals surface area (Å²) in [7, 11) is 0. The second-order valence-electron chi connectivity index (χ2n) is 4.95. The van der Waals surface area contributed by atoms with Crippen LogP contribution in [-0.4, -0.2) is 11.8 Å². The molecule has 3 rings (SSSR count). The number of allylic oxidation sites excluding steroid dienone is 1. The first-order valence-corrected chi connectivity index (χ1v) is 7.50. The molecule has 0 unspecified atom stereocenters. The molecule has 0 saturated carbocycles. The lowest BCUT2D eigenvalue weighted by atomic mass is 10.1. The van der Waals surface area contributed by atoms with Gasteiger partial charge in [-0.05, 0) is 29.8 Å².